The normalized spacial score (nSPS) is 12.2. The largest absolute Gasteiger partial charge is 0.451 e. The monoisotopic (exact) mass is 382 g/mol. The molecule has 0 saturated heterocycles. The highest BCUT2D eigenvalue weighted by Gasteiger charge is 2.18. The number of ether oxygens (including phenoxy) is 1. The quantitative estimate of drug-likeness (QED) is 0.390. The van der Waals surface area contributed by atoms with Crippen LogP contribution in [0.15, 0.2) is 48.5 Å². The fraction of sp³-hybridized carbons (Fsp3) is 0.111. The predicted molar refractivity (Wildman–Crippen MR) is 96.8 cm³/mol. The fourth-order valence-corrected chi connectivity index (χ4v) is 2.42. The molecule has 0 spiro atoms. The molecule has 1 atom stereocenters. The number of hydrogen-bond donors (Lipinski definition) is 0. The molecule has 0 amide bonds. The van der Waals surface area contributed by atoms with Gasteiger partial charge in [-0.25, -0.2) is 4.79 Å². The third-order valence-corrected chi connectivity index (χ3v) is 4.10. The summed E-state index contributed by atoms with van der Waals surface area (Å²) in [6, 6.07) is 11.4. The fourth-order valence-electron chi connectivity index (χ4n) is 1.92. The van der Waals surface area contributed by atoms with Gasteiger partial charge in [0.25, 0.3) is 0 Å². The number of Topliss-reactive ketones (excluding diaryl/α,β-unsaturated/α-hetero) is 1. The van der Waals surface area contributed by atoms with Crippen molar-refractivity contribution < 1.29 is 14.3 Å². The molecule has 0 bridgehead atoms. The van der Waals surface area contributed by atoms with Gasteiger partial charge in [-0.1, -0.05) is 53.0 Å². The summed E-state index contributed by atoms with van der Waals surface area (Å²) < 4.78 is 5.10. The predicted octanol–water partition coefficient (Wildman–Crippen LogP) is 5.47. The van der Waals surface area contributed by atoms with Gasteiger partial charge in [-0.2, -0.15) is 0 Å². The molecule has 0 aliphatic heterocycles. The smallest absolute Gasteiger partial charge is 0.331 e. The lowest BCUT2D eigenvalue weighted by molar-refractivity contribution is -0.140. The van der Waals surface area contributed by atoms with Crippen LogP contribution in [0, 0.1) is 0 Å². The van der Waals surface area contributed by atoms with Crippen LogP contribution in [0.3, 0.4) is 0 Å². The van der Waals surface area contributed by atoms with E-state index >= 15 is 0 Å². The molecular weight excluding hydrogens is 371 g/mol. The van der Waals surface area contributed by atoms with Crippen molar-refractivity contribution in [3.05, 3.63) is 74.7 Å². The molecule has 2 aromatic rings. The van der Waals surface area contributed by atoms with Gasteiger partial charge in [-0.3, -0.25) is 4.79 Å². The lowest BCUT2D eigenvalue weighted by Gasteiger charge is -2.11. The summed E-state index contributed by atoms with van der Waals surface area (Å²) in [7, 11) is 0. The maximum absolute atomic E-state index is 12.2. The third-order valence-electron chi connectivity index (χ3n) is 3.13. The molecule has 6 heteroatoms. The maximum atomic E-state index is 12.2. The summed E-state index contributed by atoms with van der Waals surface area (Å²) in [6.07, 6.45) is 1.83. The number of hydrogen-bond acceptors (Lipinski definition) is 3. The van der Waals surface area contributed by atoms with E-state index in [0.29, 0.717) is 26.2 Å². The van der Waals surface area contributed by atoms with Crippen molar-refractivity contribution in [3.8, 4) is 0 Å². The van der Waals surface area contributed by atoms with Crippen molar-refractivity contribution in [1.29, 1.82) is 0 Å². The van der Waals surface area contributed by atoms with E-state index in [1.54, 1.807) is 36.4 Å². The molecule has 2 aromatic carbocycles. The highest BCUT2D eigenvalue weighted by molar-refractivity contribution is 6.42. The Labute approximate surface area is 154 Å². The summed E-state index contributed by atoms with van der Waals surface area (Å²) in [5, 5.41) is 1.26. The minimum atomic E-state index is -0.922. The van der Waals surface area contributed by atoms with E-state index in [4.69, 9.17) is 39.5 Å². The number of halogens is 3. The van der Waals surface area contributed by atoms with Crippen LogP contribution in [0.2, 0.25) is 15.1 Å². The number of rotatable bonds is 5. The van der Waals surface area contributed by atoms with Crippen LogP contribution in [0.5, 0.6) is 0 Å². The molecule has 0 fully saturated rings. The topological polar surface area (TPSA) is 43.4 Å². The Morgan fingerprint density at radius 2 is 1.79 bits per heavy atom. The molecule has 0 heterocycles. The van der Waals surface area contributed by atoms with E-state index in [1.807, 2.05) is 0 Å². The van der Waals surface area contributed by atoms with Crippen LogP contribution >= 0.6 is 34.8 Å². The molecule has 2 rings (SSSR count). The molecule has 0 unspecified atom stereocenters. The van der Waals surface area contributed by atoms with Crippen LogP contribution in [-0.4, -0.2) is 17.9 Å². The average Bonchev–Trinajstić information content (AvgIpc) is 2.55. The number of ketones is 1. The molecule has 3 nitrogen and oxygen atoms in total. The Morgan fingerprint density at radius 1 is 1.04 bits per heavy atom. The van der Waals surface area contributed by atoms with Gasteiger partial charge in [0.05, 0.1) is 10.0 Å². The first-order valence-electron chi connectivity index (χ1n) is 7.00. The molecule has 0 saturated carbocycles. The van der Waals surface area contributed by atoms with Gasteiger partial charge in [0.2, 0.25) is 5.78 Å². The standard InChI is InChI=1S/C18H13Cl3O3/c1-11(18(23)13-3-2-4-14(19)10-13)24-17(22)8-6-12-5-7-15(20)16(21)9-12/h2-11H,1H3/b8-6+/t11-/m1/s1. The van der Waals surface area contributed by atoms with Crippen molar-refractivity contribution in [2.45, 2.75) is 13.0 Å². The Kier molecular flexibility index (Phi) is 6.44. The summed E-state index contributed by atoms with van der Waals surface area (Å²) in [4.78, 5) is 24.0. The Bertz CT molecular complexity index is 800. The Morgan fingerprint density at radius 3 is 2.46 bits per heavy atom. The number of esters is 1. The molecule has 0 aliphatic rings. The van der Waals surface area contributed by atoms with Crippen LogP contribution < -0.4 is 0 Å². The van der Waals surface area contributed by atoms with Gasteiger partial charge < -0.3 is 4.74 Å². The number of carbonyl (C=O) groups excluding carboxylic acids is 2. The highest BCUT2D eigenvalue weighted by atomic mass is 35.5. The van der Waals surface area contributed by atoms with Crippen molar-refractivity contribution in [1.82, 2.24) is 0 Å². The van der Waals surface area contributed by atoms with E-state index in [2.05, 4.69) is 0 Å². The van der Waals surface area contributed by atoms with Crippen molar-refractivity contribution >= 4 is 52.6 Å². The third kappa shape index (κ3) is 5.10. The zero-order valence-electron chi connectivity index (χ0n) is 12.6. The average molecular weight is 384 g/mol. The van der Waals surface area contributed by atoms with Crippen molar-refractivity contribution in [2.24, 2.45) is 0 Å². The Hall–Kier alpha value is -1.81. The summed E-state index contributed by atoms with van der Waals surface area (Å²) in [5.41, 5.74) is 1.08. The van der Waals surface area contributed by atoms with E-state index in [9.17, 15) is 9.59 Å². The van der Waals surface area contributed by atoms with Crippen LogP contribution in [0.25, 0.3) is 6.08 Å². The zero-order valence-corrected chi connectivity index (χ0v) is 14.9. The first-order chi connectivity index (χ1) is 11.4. The van der Waals surface area contributed by atoms with Crippen LogP contribution in [0.1, 0.15) is 22.8 Å². The van der Waals surface area contributed by atoms with Gasteiger partial charge in [0.1, 0.15) is 0 Å². The van der Waals surface area contributed by atoms with Crippen molar-refractivity contribution in [2.75, 3.05) is 0 Å². The molecule has 124 valence electrons. The molecule has 0 aliphatic carbocycles. The Balaban J connectivity index is 1.99. The zero-order chi connectivity index (χ0) is 17.7. The first-order valence-corrected chi connectivity index (χ1v) is 8.14. The lowest BCUT2D eigenvalue weighted by Crippen LogP contribution is -2.23. The molecule has 0 radical (unpaired) electrons. The molecular formula is C18H13Cl3O3. The van der Waals surface area contributed by atoms with Gasteiger partial charge >= 0.3 is 5.97 Å². The summed E-state index contributed by atoms with van der Waals surface area (Å²) >= 11 is 17.6. The lowest BCUT2D eigenvalue weighted by atomic mass is 10.1. The van der Waals surface area contributed by atoms with E-state index in [-0.39, 0.29) is 5.78 Å². The maximum Gasteiger partial charge on any atom is 0.331 e. The molecule has 0 N–H and O–H groups in total. The summed E-state index contributed by atoms with van der Waals surface area (Å²) in [6.45, 7) is 1.51. The second kappa shape index (κ2) is 8.34. The second-order valence-corrected chi connectivity index (χ2v) is 6.21. The molecule has 0 aromatic heterocycles. The minimum absolute atomic E-state index is 0.325. The van der Waals surface area contributed by atoms with Gasteiger partial charge in [0, 0.05) is 16.7 Å². The second-order valence-electron chi connectivity index (χ2n) is 4.96. The van der Waals surface area contributed by atoms with Crippen molar-refractivity contribution in [3.63, 3.8) is 0 Å². The van der Waals surface area contributed by atoms with Gasteiger partial charge in [-0.15, -0.1) is 0 Å². The number of carbonyl (C=O) groups is 2. The van der Waals surface area contributed by atoms with Crippen LogP contribution in [0.4, 0.5) is 0 Å². The number of benzene rings is 2. The minimum Gasteiger partial charge on any atom is -0.451 e. The van der Waals surface area contributed by atoms with Gasteiger partial charge in [0.15, 0.2) is 6.10 Å². The van der Waals surface area contributed by atoms with E-state index in [1.165, 1.54) is 25.1 Å². The molecule has 24 heavy (non-hydrogen) atoms. The first kappa shape index (κ1) is 18.5. The van der Waals surface area contributed by atoms with Gasteiger partial charge in [-0.05, 0) is 42.8 Å². The SMILES string of the molecule is C[C@@H](OC(=O)/C=C/c1ccc(Cl)c(Cl)c1)C(=O)c1cccc(Cl)c1. The van der Waals surface area contributed by atoms with E-state index < -0.39 is 12.1 Å². The van der Waals surface area contributed by atoms with Crippen LogP contribution in [-0.2, 0) is 9.53 Å². The highest BCUT2D eigenvalue weighted by Crippen LogP contribution is 2.23. The van der Waals surface area contributed by atoms with E-state index in [0.717, 1.165) is 0 Å². The summed E-state index contributed by atoms with van der Waals surface area (Å²) in [5.74, 6) is -0.960.